The topological polar surface area (TPSA) is 44.5 Å². The fourth-order valence-corrected chi connectivity index (χ4v) is 0.795. The molecule has 11 heavy (non-hydrogen) atoms. The zero-order valence-electron chi connectivity index (χ0n) is 7.72. The first-order chi connectivity index (χ1) is 5.12. The van der Waals surface area contributed by atoms with Gasteiger partial charge in [0.1, 0.15) is 0 Å². The molecule has 0 fully saturated rings. The summed E-state index contributed by atoms with van der Waals surface area (Å²) in [5.74, 6) is 0. The molecule has 3 heteroatoms. The van der Waals surface area contributed by atoms with Crippen molar-refractivity contribution in [2.24, 2.45) is 5.73 Å². The van der Waals surface area contributed by atoms with Crippen LogP contribution in [0, 0.1) is 0 Å². The summed E-state index contributed by atoms with van der Waals surface area (Å²) in [7, 11) is 3.37. The third-order valence-electron chi connectivity index (χ3n) is 1.75. The fraction of sp³-hybridized carbons (Fsp3) is 1.00. The Morgan fingerprint density at radius 3 is 1.73 bits per heavy atom. The van der Waals surface area contributed by atoms with Crippen LogP contribution in [0.2, 0.25) is 0 Å². The molecule has 2 N–H and O–H groups in total. The van der Waals surface area contributed by atoms with Gasteiger partial charge in [0.05, 0.1) is 0 Å². The Kier molecular flexibility index (Phi) is 5.46. The predicted octanol–water partition coefficient (Wildman–Crippen LogP) is 0.777. The first kappa shape index (κ1) is 10.9. The van der Waals surface area contributed by atoms with Crippen LogP contribution in [0.1, 0.15) is 19.8 Å². The van der Waals surface area contributed by atoms with Gasteiger partial charge in [-0.15, -0.1) is 0 Å². The Hall–Kier alpha value is -0.120. The van der Waals surface area contributed by atoms with Gasteiger partial charge < -0.3 is 15.2 Å². The number of hydrogen-bond donors (Lipinski definition) is 1. The molecule has 0 aromatic carbocycles. The number of ether oxygens (including phenoxy) is 2. The second-order valence-electron chi connectivity index (χ2n) is 3.14. The molecule has 0 atom stereocenters. The van der Waals surface area contributed by atoms with Crippen molar-refractivity contribution < 1.29 is 9.47 Å². The SMILES string of the molecule is COCCC(C)(N)CCOC. The highest BCUT2D eigenvalue weighted by Crippen LogP contribution is 2.10. The standard InChI is InChI=1S/C8H19NO2/c1-8(9,4-6-10-2)5-7-11-3/h4-7,9H2,1-3H3. The van der Waals surface area contributed by atoms with E-state index in [2.05, 4.69) is 0 Å². The lowest BCUT2D eigenvalue weighted by atomic mass is 9.96. The molecule has 0 aromatic rings. The lowest BCUT2D eigenvalue weighted by Crippen LogP contribution is -2.38. The van der Waals surface area contributed by atoms with Crippen molar-refractivity contribution in [1.29, 1.82) is 0 Å². The van der Waals surface area contributed by atoms with Crippen molar-refractivity contribution in [3.8, 4) is 0 Å². The minimum atomic E-state index is -0.147. The molecule has 0 rings (SSSR count). The van der Waals surface area contributed by atoms with Crippen LogP contribution in [0.4, 0.5) is 0 Å². The zero-order valence-corrected chi connectivity index (χ0v) is 7.72. The van der Waals surface area contributed by atoms with Gasteiger partial charge >= 0.3 is 0 Å². The normalized spacial score (nSPS) is 12.0. The van der Waals surface area contributed by atoms with Gasteiger partial charge in [0, 0.05) is 33.0 Å². The summed E-state index contributed by atoms with van der Waals surface area (Å²) < 4.78 is 9.87. The van der Waals surface area contributed by atoms with Crippen molar-refractivity contribution in [2.45, 2.75) is 25.3 Å². The first-order valence-corrected chi connectivity index (χ1v) is 3.89. The molecular weight excluding hydrogens is 142 g/mol. The lowest BCUT2D eigenvalue weighted by molar-refractivity contribution is 0.139. The summed E-state index contributed by atoms with van der Waals surface area (Å²) in [5.41, 5.74) is 5.78. The molecule has 0 aliphatic rings. The molecule has 68 valence electrons. The van der Waals surface area contributed by atoms with Gasteiger partial charge in [-0.3, -0.25) is 0 Å². The van der Waals surface area contributed by atoms with Gasteiger partial charge in [-0.25, -0.2) is 0 Å². The average Bonchev–Trinajstić information content (AvgIpc) is 1.97. The largest absolute Gasteiger partial charge is 0.385 e. The first-order valence-electron chi connectivity index (χ1n) is 3.89. The van der Waals surface area contributed by atoms with E-state index < -0.39 is 0 Å². The number of hydrogen-bond acceptors (Lipinski definition) is 3. The summed E-state index contributed by atoms with van der Waals surface area (Å²) in [5, 5.41) is 0. The van der Waals surface area contributed by atoms with Crippen LogP contribution >= 0.6 is 0 Å². The third-order valence-corrected chi connectivity index (χ3v) is 1.75. The second kappa shape index (κ2) is 5.52. The molecule has 0 heterocycles. The van der Waals surface area contributed by atoms with Gasteiger partial charge in [0.15, 0.2) is 0 Å². The number of nitrogens with two attached hydrogens (primary N) is 1. The zero-order chi connectivity index (χ0) is 8.74. The number of methoxy groups -OCH3 is 2. The Morgan fingerprint density at radius 1 is 1.09 bits per heavy atom. The van der Waals surface area contributed by atoms with E-state index in [0.717, 1.165) is 26.1 Å². The summed E-state index contributed by atoms with van der Waals surface area (Å²) in [6.07, 6.45) is 1.76. The molecule has 0 unspecified atom stereocenters. The Balaban J connectivity index is 3.43. The Morgan fingerprint density at radius 2 is 1.45 bits per heavy atom. The van der Waals surface area contributed by atoms with Gasteiger partial charge in [-0.2, -0.15) is 0 Å². The maximum atomic E-state index is 5.93. The van der Waals surface area contributed by atoms with Crippen LogP contribution < -0.4 is 5.73 Å². The van der Waals surface area contributed by atoms with Crippen LogP contribution in [0.5, 0.6) is 0 Å². The quantitative estimate of drug-likeness (QED) is 0.626. The van der Waals surface area contributed by atoms with E-state index in [9.17, 15) is 0 Å². The molecule has 0 spiro atoms. The highest BCUT2D eigenvalue weighted by molar-refractivity contribution is 4.77. The van der Waals surface area contributed by atoms with Gasteiger partial charge in [0.25, 0.3) is 0 Å². The molecule has 0 saturated heterocycles. The third kappa shape index (κ3) is 6.28. The predicted molar refractivity (Wildman–Crippen MR) is 45.6 cm³/mol. The molecule has 0 aromatic heterocycles. The van der Waals surface area contributed by atoms with Gasteiger partial charge in [0.2, 0.25) is 0 Å². The molecule has 0 amide bonds. The smallest absolute Gasteiger partial charge is 0.0479 e. The van der Waals surface area contributed by atoms with Crippen LogP contribution in [0.15, 0.2) is 0 Å². The number of rotatable bonds is 6. The summed E-state index contributed by atoms with van der Waals surface area (Å²) in [4.78, 5) is 0. The van der Waals surface area contributed by atoms with E-state index in [0.29, 0.717) is 0 Å². The van der Waals surface area contributed by atoms with Crippen LogP contribution in [-0.2, 0) is 9.47 Å². The van der Waals surface area contributed by atoms with E-state index in [1.165, 1.54) is 0 Å². The molecule has 0 bridgehead atoms. The Bertz CT molecular complexity index is 84.1. The maximum absolute atomic E-state index is 5.93. The summed E-state index contributed by atoms with van der Waals surface area (Å²) in [6, 6.07) is 0. The van der Waals surface area contributed by atoms with E-state index in [4.69, 9.17) is 15.2 Å². The van der Waals surface area contributed by atoms with Crippen molar-refractivity contribution >= 4 is 0 Å². The molecule has 0 aliphatic carbocycles. The molecule has 3 nitrogen and oxygen atoms in total. The summed E-state index contributed by atoms with van der Waals surface area (Å²) >= 11 is 0. The minimum absolute atomic E-state index is 0.147. The Labute approximate surface area is 68.9 Å². The highest BCUT2D eigenvalue weighted by Gasteiger charge is 2.16. The van der Waals surface area contributed by atoms with E-state index in [-0.39, 0.29) is 5.54 Å². The minimum Gasteiger partial charge on any atom is -0.385 e. The van der Waals surface area contributed by atoms with E-state index >= 15 is 0 Å². The lowest BCUT2D eigenvalue weighted by Gasteiger charge is -2.23. The van der Waals surface area contributed by atoms with Crippen LogP contribution in [0.3, 0.4) is 0 Å². The second-order valence-corrected chi connectivity index (χ2v) is 3.14. The molecular formula is C8H19NO2. The van der Waals surface area contributed by atoms with E-state index in [1.54, 1.807) is 14.2 Å². The van der Waals surface area contributed by atoms with Crippen LogP contribution in [0.25, 0.3) is 0 Å². The molecule has 0 radical (unpaired) electrons. The van der Waals surface area contributed by atoms with Crippen LogP contribution in [-0.4, -0.2) is 33.0 Å². The van der Waals surface area contributed by atoms with Crippen molar-refractivity contribution in [3.05, 3.63) is 0 Å². The molecule has 0 saturated carbocycles. The fourth-order valence-electron chi connectivity index (χ4n) is 0.795. The summed E-state index contributed by atoms with van der Waals surface area (Å²) in [6.45, 7) is 3.46. The highest BCUT2D eigenvalue weighted by atomic mass is 16.5. The monoisotopic (exact) mass is 161 g/mol. The van der Waals surface area contributed by atoms with Crippen molar-refractivity contribution in [2.75, 3.05) is 27.4 Å². The van der Waals surface area contributed by atoms with Crippen molar-refractivity contribution in [1.82, 2.24) is 0 Å². The van der Waals surface area contributed by atoms with E-state index in [1.807, 2.05) is 6.92 Å². The maximum Gasteiger partial charge on any atom is 0.0479 e. The van der Waals surface area contributed by atoms with Gasteiger partial charge in [-0.1, -0.05) is 0 Å². The van der Waals surface area contributed by atoms with Crippen molar-refractivity contribution in [3.63, 3.8) is 0 Å². The van der Waals surface area contributed by atoms with Gasteiger partial charge in [-0.05, 0) is 19.8 Å². The molecule has 0 aliphatic heterocycles. The average molecular weight is 161 g/mol.